The van der Waals surface area contributed by atoms with Crippen LogP contribution < -0.4 is 5.73 Å². The predicted octanol–water partition coefficient (Wildman–Crippen LogP) is 1.29. The van der Waals surface area contributed by atoms with Crippen LogP contribution in [0, 0.1) is 6.92 Å². The SMILES string of the molecule is C=O.C=O.CCc1cc(C)ccc1C(N)=O. The number of hydrogen-bond acceptors (Lipinski definition) is 3. The van der Waals surface area contributed by atoms with Gasteiger partial charge in [-0.05, 0) is 25.0 Å². The largest absolute Gasteiger partial charge is 0.366 e. The molecule has 16 heavy (non-hydrogen) atoms. The van der Waals surface area contributed by atoms with Crippen molar-refractivity contribution in [3.05, 3.63) is 34.9 Å². The average molecular weight is 223 g/mol. The van der Waals surface area contributed by atoms with E-state index in [1.54, 1.807) is 6.07 Å². The lowest BCUT2D eigenvalue weighted by atomic mass is 10.0. The summed E-state index contributed by atoms with van der Waals surface area (Å²) in [5.74, 6) is -0.341. The Kier molecular flexibility index (Phi) is 9.85. The minimum atomic E-state index is -0.341. The molecule has 0 aliphatic carbocycles. The third-order valence-corrected chi connectivity index (χ3v) is 1.91. The van der Waals surface area contributed by atoms with Crippen LogP contribution in [0.5, 0.6) is 0 Å². The number of amides is 1. The third kappa shape index (κ3) is 5.05. The molecule has 0 fully saturated rings. The third-order valence-electron chi connectivity index (χ3n) is 1.91. The van der Waals surface area contributed by atoms with Crippen LogP contribution in [0.3, 0.4) is 0 Å². The summed E-state index contributed by atoms with van der Waals surface area (Å²) in [5.41, 5.74) is 8.04. The first-order valence-electron chi connectivity index (χ1n) is 4.62. The molecule has 1 rings (SSSR count). The van der Waals surface area contributed by atoms with E-state index in [0.29, 0.717) is 5.56 Å². The monoisotopic (exact) mass is 223 g/mol. The van der Waals surface area contributed by atoms with Crippen molar-refractivity contribution in [2.24, 2.45) is 5.73 Å². The fraction of sp³-hybridized carbons (Fsp3) is 0.250. The molecule has 0 saturated heterocycles. The summed E-state index contributed by atoms with van der Waals surface area (Å²) in [6.07, 6.45) is 0.847. The maximum Gasteiger partial charge on any atom is 0.248 e. The van der Waals surface area contributed by atoms with E-state index in [2.05, 4.69) is 0 Å². The van der Waals surface area contributed by atoms with Crippen molar-refractivity contribution in [1.29, 1.82) is 0 Å². The van der Waals surface area contributed by atoms with E-state index in [9.17, 15) is 4.79 Å². The number of nitrogens with two attached hydrogens (primary N) is 1. The highest BCUT2D eigenvalue weighted by Crippen LogP contribution is 2.11. The molecule has 0 atom stereocenters. The second kappa shape index (κ2) is 9.58. The van der Waals surface area contributed by atoms with Crippen molar-refractivity contribution in [2.75, 3.05) is 0 Å². The van der Waals surface area contributed by atoms with Crippen molar-refractivity contribution in [1.82, 2.24) is 0 Å². The number of aryl methyl sites for hydroxylation is 2. The van der Waals surface area contributed by atoms with Crippen LogP contribution in [-0.2, 0) is 16.0 Å². The van der Waals surface area contributed by atoms with Crippen LogP contribution in [0.1, 0.15) is 28.4 Å². The van der Waals surface area contributed by atoms with Gasteiger partial charge >= 0.3 is 0 Å². The summed E-state index contributed by atoms with van der Waals surface area (Å²) >= 11 is 0. The summed E-state index contributed by atoms with van der Waals surface area (Å²) in [5, 5.41) is 0. The number of hydrogen-bond donors (Lipinski definition) is 1. The lowest BCUT2D eigenvalue weighted by Crippen LogP contribution is -2.13. The maximum atomic E-state index is 10.9. The Morgan fingerprint density at radius 2 is 1.75 bits per heavy atom. The van der Waals surface area contributed by atoms with E-state index in [1.807, 2.05) is 39.6 Å². The van der Waals surface area contributed by atoms with Gasteiger partial charge in [0.05, 0.1) is 0 Å². The first-order valence-corrected chi connectivity index (χ1v) is 4.62. The first-order chi connectivity index (χ1) is 7.65. The smallest absolute Gasteiger partial charge is 0.248 e. The van der Waals surface area contributed by atoms with Gasteiger partial charge in [-0.3, -0.25) is 4.79 Å². The van der Waals surface area contributed by atoms with Gasteiger partial charge in [0.1, 0.15) is 13.6 Å². The zero-order valence-electron chi connectivity index (χ0n) is 9.66. The molecule has 0 spiro atoms. The highest BCUT2D eigenvalue weighted by atomic mass is 16.1. The maximum absolute atomic E-state index is 10.9. The summed E-state index contributed by atoms with van der Waals surface area (Å²) in [7, 11) is 0. The topological polar surface area (TPSA) is 77.2 Å². The minimum Gasteiger partial charge on any atom is -0.366 e. The molecule has 4 nitrogen and oxygen atoms in total. The fourth-order valence-corrected chi connectivity index (χ4v) is 1.26. The molecule has 1 aromatic carbocycles. The van der Waals surface area contributed by atoms with E-state index >= 15 is 0 Å². The van der Waals surface area contributed by atoms with Gasteiger partial charge in [0.2, 0.25) is 5.91 Å². The molecule has 2 N–H and O–H groups in total. The van der Waals surface area contributed by atoms with Gasteiger partial charge in [0, 0.05) is 5.56 Å². The Hall–Kier alpha value is -1.97. The van der Waals surface area contributed by atoms with Gasteiger partial charge in [-0.25, -0.2) is 0 Å². The lowest BCUT2D eigenvalue weighted by molar-refractivity contribution is -0.0987. The molecule has 0 aliphatic rings. The van der Waals surface area contributed by atoms with Gasteiger partial charge < -0.3 is 15.3 Å². The number of carbonyl (C=O) groups excluding carboxylic acids is 3. The number of primary amides is 1. The lowest BCUT2D eigenvalue weighted by Gasteiger charge is -2.04. The van der Waals surface area contributed by atoms with Gasteiger partial charge in [-0.1, -0.05) is 24.6 Å². The molecule has 0 radical (unpaired) electrons. The zero-order valence-corrected chi connectivity index (χ0v) is 9.66. The van der Waals surface area contributed by atoms with E-state index < -0.39 is 0 Å². The second-order valence-electron chi connectivity index (χ2n) is 2.88. The molecular weight excluding hydrogens is 206 g/mol. The van der Waals surface area contributed by atoms with Crippen LogP contribution in [0.25, 0.3) is 0 Å². The Labute approximate surface area is 95.5 Å². The molecule has 1 aromatic rings. The van der Waals surface area contributed by atoms with E-state index in [1.165, 1.54) is 0 Å². The molecule has 0 unspecified atom stereocenters. The predicted molar refractivity (Wildman–Crippen MR) is 63.3 cm³/mol. The van der Waals surface area contributed by atoms with Crippen molar-refractivity contribution in [3.63, 3.8) is 0 Å². The zero-order chi connectivity index (χ0) is 13.1. The Morgan fingerprint density at radius 3 is 2.12 bits per heavy atom. The van der Waals surface area contributed by atoms with Gasteiger partial charge in [-0.15, -0.1) is 0 Å². The molecule has 0 bridgehead atoms. The summed E-state index contributed by atoms with van der Waals surface area (Å²) in [6.45, 7) is 8.02. The van der Waals surface area contributed by atoms with Crippen LogP contribution in [0.4, 0.5) is 0 Å². The summed E-state index contributed by atoms with van der Waals surface area (Å²) in [4.78, 5) is 26.9. The molecule has 0 saturated carbocycles. The molecule has 1 amide bonds. The van der Waals surface area contributed by atoms with Crippen molar-refractivity contribution in [3.8, 4) is 0 Å². The average Bonchev–Trinajstić information content (AvgIpc) is 2.33. The summed E-state index contributed by atoms with van der Waals surface area (Å²) < 4.78 is 0. The second-order valence-corrected chi connectivity index (χ2v) is 2.88. The van der Waals surface area contributed by atoms with Crippen molar-refractivity contribution < 1.29 is 14.4 Å². The highest BCUT2D eigenvalue weighted by Gasteiger charge is 2.05. The Morgan fingerprint density at radius 1 is 1.25 bits per heavy atom. The number of rotatable bonds is 2. The molecule has 0 heterocycles. The quantitative estimate of drug-likeness (QED) is 0.820. The van der Waals surface area contributed by atoms with Crippen LogP contribution in [0.2, 0.25) is 0 Å². The normalized spacial score (nSPS) is 7.88. The van der Waals surface area contributed by atoms with E-state index in [4.69, 9.17) is 15.3 Å². The molecule has 0 aromatic heterocycles. The fourth-order valence-electron chi connectivity index (χ4n) is 1.26. The van der Waals surface area contributed by atoms with E-state index in [0.717, 1.165) is 17.5 Å². The molecule has 4 heteroatoms. The van der Waals surface area contributed by atoms with Crippen LogP contribution in [0.15, 0.2) is 18.2 Å². The molecular formula is C12H17NO3. The minimum absolute atomic E-state index is 0.341. The highest BCUT2D eigenvalue weighted by molar-refractivity contribution is 5.94. The van der Waals surface area contributed by atoms with Crippen LogP contribution in [-0.4, -0.2) is 19.5 Å². The van der Waals surface area contributed by atoms with Crippen molar-refractivity contribution >= 4 is 19.5 Å². The molecule has 88 valence electrons. The Bertz CT molecular complexity index is 335. The number of carbonyl (C=O) groups is 3. The van der Waals surface area contributed by atoms with Gasteiger partial charge in [0.15, 0.2) is 0 Å². The van der Waals surface area contributed by atoms with Gasteiger partial charge in [-0.2, -0.15) is 0 Å². The first kappa shape index (κ1) is 16.5. The van der Waals surface area contributed by atoms with Crippen LogP contribution >= 0.6 is 0 Å². The molecule has 0 aliphatic heterocycles. The standard InChI is InChI=1S/C10H13NO.2CH2O/c1-3-8-6-7(2)4-5-9(8)10(11)12;2*1-2/h4-6H,3H2,1-2H3,(H2,11,12);2*1H2. The van der Waals surface area contributed by atoms with E-state index in [-0.39, 0.29) is 5.91 Å². The summed E-state index contributed by atoms with van der Waals surface area (Å²) in [6, 6.07) is 5.69. The Balaban J connectivity index is 0. The van der Waals surface area contributed by atoms with Gasteiger partial charge in [0.25, 0.3) is 0 Å². The number of benzene rings is 1. The van der Waals surface area contributed by atoms with Crippen molar-refractivity contribution in [2.45, 2.75) is 20.3 Å².